The molecule has 3 heterocycles. The largest absolute Gasteiger partial charge is 0.341 e. The van der Waals surface area contributed by atoms with E-state index in [1.807, 2.05) is 6.92 Å². The van der Waals surface area contributed by atoms with Gasteiger partial charge in [0.15, 0.2) is 0 Å². The lowest BCUT2D eigenvalue weighted by atomic mass is 10.0. The number of benzene rings is 1. The van der Waals surface area contributed by atoms with Crippen molar-refractivity contribution in [3.05, 3.63) is 39.9 Å². The van der Waals surface area contributed by atoms with Gasteiger partial charge in [-0.2, -0.15) is 0 Å². The predicted molar refractivity (Wildman–Crippen MR) is 87.7 cm³/mol. The highest BCUT2D eigenvalue weighted by molar-refractivity contribution is 7.11. The quantitative estimate of drug-likeness (QED) is 0.797. The van der Waals surface area contributed by atoms with Crippen molar-refractivity contribution in [2.75, 3.05) is 6.54 Å². The SMILES string of the molecule is Cc1nnc(CN2CCCC[C@H]2c2nc3ccc(F)cc3[nH]2)s1. The Morgan fingerprint density at radius 2 is 2.26 bits per heavy atom. The van der Waals surface area contributed by atoms with Crippen molar-refractivity contribution in [3.63, 3.8) is 0 Å². The van der Waals surface area contributed by atoms with Gasteiger partial charge in [0.25, 0.3) is 0 Å². The van der Waals surface area contributed by atoms with Gasteiger partial charge in [0.05, 0.1) is 23.6 Å². The molecule has 0 spiro atoms. The molecule has 5 nitrogen and oxygen atoms in total. The minimum atomic E-state index is -0.238. The van der Waals surface area contributed by atoms with Gasteiger partial charge in [-0.05, 0) is 44.5 Å². The van der Waals surface area contributed by atoms with Crippen LogP contribution < -0.4 is 0 Å². The molecule has 2 aromatic heterocycles. The maximum atomic E-state index is 13.4. The monoisotopic (exact) mass is 331 g/mol. The molecule has 1 N–H and O–H groups in total. The Balaban J connectivity index is 1.63. The van der Waals surface area contributed by atoms with Gasteiger partial charge in [0.2, 0.25) is 0 Å². The van der Waals surface area contributed by atoms with E-state index in [1.54, 1.807) is 17.4 Å². The van der Waals surface area contributed by atoms with Crippen molar-refractivity contribution < 1.29 is 4.39 Å². The fourth-order valence-corrected chi connectivity index (χ4v) is 3.96. The molecule has 1 aromatic carbocycles. The number of aromatic nitrogens is 4. The van der Waals surface area contributed by atoms with Crippen molar-refractivity contribution in [3.8, 4) is 0 Å². The molecule has 4 rings (SSSR count). The van der Waals surface area contributed by atoms with Gasteiger partial charge in [0, 0.05) is 0 Å². The van der Waals surface area contributed by atoms with E-state index in [4.69, 9.17) is 0 Å². The first-order valence-electron chi connectivity index (χ1n) is 7.87. The lowest BCUT2D eigenvalue weighted by Crippen LogP contribution is -2.33. The van der Waals surface area contributed by atoms with Gasteiger partial charge in [-0.25, -0.2) is 9.37 Å². The summed E-state index contributed by atoms with van der Waals surface area (Å²) in [4.78, 5) is 10.4. The number of likely N-dealkylation sites (tertiary alicyclic amines) is 1. The summed E-state index contributed by atoms with van der Waals surface area (Å²) in [5.74, 6) is 0.684. The van der Waals surface area contributed by atoms with Crippen LogP contribution in [0.5, 0.6) is 0 Å². The molecule has 120 valence electrons. The highest BCUT2D eigenvalue weighted by Gasteiger charge is 2.27. The molecule has 1 fully saturated rings. The minimum Gasteiger partial charge on any atom is -0.341 e. The van der Waals surface area contributed by atoms with E-state index in [0.717, 1.165) is 46.4 Å². The summed E-state index contributed by atoms with van der Waals surface area (Å²) < 4.78 is 13.4. The second-order valence-electron chi connectivity index (χ2n) is 5.98. The second kappa shape index (κ2) is 5.98. The summed E-state index contributed by atoms with van der Waals surface area (Å²) in [6, 6.07) is 4.91. The standard InChI is InChI=1S/C16H18FN5S/c1-10-20-21-15(23-10)9-22-7-3-2-4-14(22)16-18-12-6-5-11(17)8-13(12)19-16/h5-6,8,14H,2-4,7,9H2,1H3,(H,18,19)/t14-/m0/s1. The fraction of sp³-hybridized carbons (Fsp3) is 0.438. The third kappa shape index (κ3) is 2.98. The van der Waals surface area contributed by atoms with Crippen LogP contribution in [0, 0.1) is 12.7 Å². The van der Waals surface area contributed by atoms with Gasteiger partial charge >= 0.3 is 0 Å². The molecule has 1 aliphatic rings. The predicted octanol–water partition coefficient (Wildman–Crippen LogP) is 3.59. The summed E-state index contributed by atoms with van der Waals surface area (Å²) in [6.07, 6.45) is 3.42. The molecule has 0 saturated carbocycles. The van der Waals surface area contributed by atoms with Crippen LogP contribution in [-0.2, 0) is 6.54 Å². The molecular formula is C16H18FN5S. The Hall–Kier alpha value is -1.86. The van der Waals surface area contributed by atoms with Crippen molar-refractivity contribution in [1.29, 1.82) is 0 Å². The van der Waals surface area contributed by atoms with E-state index in [2.05, 4.69) is 25.1 Å². The summed E-state index contributed by atoms with van der Waals surface area (Å²) in [5.41, 5.74) is 1.58. The van der Waals surface area contributed by atoms with Gasteiger partial charge < -0.3 is 4.98 Å². The highest BCUT2D eigenvalue weighted by Crippen LogP contribution is 2.32. The van der Waals surface area contributed by atoms with Crippen LogP contribution in [0.3, 0.4) is 0 Å². The molecule has 0 unspecified atom stereocenters. The normalized spacial score (nSPS) is 19.5. The maximum Gasteiger partial charge on any atom is 0.131 e. The summed E-state index contributed by atoms with van der Waals surface area (Å²) in [5, 5.41) is 10.4. The average Bonchev–Trinajstić information content (AvgIpc) is 3.13. The number of piperidine rings is 1. The number of halogens is 1. The molecule has 1 aliphatic heterocycles. The van der Waals surface area contributed by atoms with Crippen LogP contribution in [0.15, 0.2) is 18.2 Å². The van der Waals surface area contributed by atoms with Gasteiger partial charge in [-0.15, -0.1) is 21.5 Å². The van der Waals surface area contributed by atoms with Crippen molar-refractivity contribution in [2.24, 2.45) is 0 Å². The van der Waals surface area contributed by atoms with Crippen LogP contribution in [0.25, 0.3) is 11.0 Å². The van der Waals surface area contributed by atoms with E-state index in [-0.39, 0.29) is 11.9 Å². The molecule has 7 heteroatoms. The molecule has 0 amide bonds. The maximum absolute atomic E-state index is 13.4. The van der Waals surface area contributed by atoms with Crippen LogP contribution >= 0.6 is 11.3 Å². The molecule has 0 radical (unpaired) electrons. The van der Waals surface area contributed by atoms with E-state index in [1.165, 1.54) is 25.0 Å². The Morgan fingerprint density at radius 3 is 3.09 bits per heavy atom. The highest BCUT2D eigenvalue weighted by atomic mass is 32.1. The number of nitrogens with one attached hydrogen (secondary N) is 1. The summed E-state index contributed by atoms with van der Waals surface area (Å²) in [6.45, 7) is 3.79. The lowest BCUT2D eigenvalue weighted by Gasteiger charge is -2.33. The zero-order chi connectivity index (χ0) is 15.8. The number of hydrogen-bond donors (Lipinski definition) is 1. The van der Waals surface area contributed by atoms with E-state index >= 15 is 0 Å². The van der Waals surface area contributed by atoms with E-state index in [0.29, 0.717) is 0 Å². The number of aromatic amines is 1. The first-order valence-corrected chi connectivity index (χ1v) is 8.69. The van der Waals surface area contributed by atoms with Gasteiger partial charge in [-0.3, -0.25) is 4.90 Å². The first-order chi connectivity index (χ1) is 11.2. The van der Waals surface area contributed by atoms with Crippen LogP contribution in [0.1, 0.15) is 41.1 Å². The number of hydrogen-bond acceptors (Lipinski definition) is 5. The van der Waals surface area contributed by atoms with E-state index < -0.39 is 0 Å². The molecule has 0 aliphatic carbocycles. The molecule has 3 aromatic rings. The van der Waals surface area contributed by atoms with Crippen molar-refractivity contribution >= 4 is 22.4 Å². The van der Waals surface area contributed by atoms with E-state index in [9.17, 15) is 4.39 Å². The smallest absolute Gasteiger partial charge is 0.131 e. The lowest BCUT2D eigenvalue weighted by molar-refractivity contribution is 0.134. The van der Waals surface area contributed by atoms with Crippen LogP contribution in [-0.4, -0.2) is 31.6 Å². The molecular weight excluding hydrogens is 313 g/mol. The third-order valence-electron chi connectivity index (χ3n) is 4.30. The number of aryl methyl sites for hydroxylation is 1. The third-order valence-corrected chi connectivity index (χ3v) is 5.12. The minimum absolute atomic E-state index is 0.225. The van der Waals surface area contributed by atoms with Gasteiger partial charge in [-0.1, -0.05) is 6.42 Å². The molecule has 0 bridgehead atoms. The molecule has 1 saturated heterocycles. The fourth-order valence-electron chi connectivity index (χ4n) is 3.22. The first kappa shape index (κ1) is 14.7. The summed E-state index contributed by atoms with van der Waals surface area (Å²) in [7, 11) is 0. The number of imidazole rings is 1. The number of H-pyrrole nitrogens is 1. The summed E-state index contributed by atoms with van der Waals surface area (Å²) >= 11 is 1.64. The Labute approximate surface area is 137 Å². The Morgan fingerprint density at radius 1 is 1.35 bits per heavy atom. The van der Waals surface area contributed by atoms with Crippen molar-refractivity contribution in [1.82, 2.24) is 25.1 Å². The second-order valence-corrected chi connectivity index (χ2v) is 7.25. The Bertz CT molecular complexity index is 827. The average molecular weight is 331 g/mol. The van der Waals surface area contributed by atoms with Gasteiger partial charge in [0.1, 0.15) is 21.7 Å². The number of fused-ring (bicyclic) bond motifs is 1. The Kier molecular flexibility index (Phi) is 3.82. The zero-order valence-electron chi connectivity index (χ0n) is 12.9. The van der Waals surface area contributed by atoms with Crippen LogP contribution in [0.4, 0.5) is 4.39 Å². The van der Waals surface area contributed by atoms with Crippen molar-refractivity contribution in [2.45, 2.75) is 38.8 Å². The van der Waals surface area contributed by atoms with Crippen LogP contribution in [0.2, 0.25) is 0 Å². The zero-order valence-corrected chi connectivity index (χ0v) is 13.7. The molecule has 1 atom stereocenters. The number of rotatable bonds is 3. The number of nitrogens with zero attached hydrogens (tertiary/aromatic N) is 4. The molecule has 23 heavy (non-hydrogen) atoms. The topological polar surface area (TPSA) is 57.7 Å².